The van der Waals surface area contributed by atoms with Gasteiger partial charge in [0, 0.05) is 11.6 Å². The number of ether oxygens (including phenoxy) is 1. The number of methoxy groups -OCH3 is 1. The van der Waals surface area contributed by atoms with E-state index >= 15 is 0 Å². The Hall–Kier alpha value is -2.55. The van der Waals surface area contributed by atoms with Gasteiger partial charge >= 0.3 is 5.97 Å². The molecule has 0 saturated heterocycles. The van der Waals surface area contributed by atoms with E-state index in [1.165, 1.54) is 23.8 Å². The summed E-state index contributed by atoms with van der Waals surface area (Å²) in [5.41, 5.74) is 6.66. The Balaban J connectivity index is 1.78. The molecule has 0 radical (unpaired) electrons. The molecule has 0 amide bonds. The molecule has 26 heavy (non-hydrogen) atoms. The first-order chi connectivity index (χ1) is 12.6. The van der Waals surface area contributed by atoms with Crippen molar-refractivity contribution in [1.82, 2.24) is 0 Å². The number of hydrogen-bond donors (Lipinski definition) is 1. The van der Waals surface area contributed by atoms with Crippen molar-refractivity contribution in [2.45, 2.75) is 38.6 Å². The minimum atomic E-state index is -0.278. The van der Waals surface area contributed by atoms with E-state index in [0.29, 0.717) is 17.4 Å². The Bertz CT molecular complexity index is 867. The lowest BCUT2D eigenvalue weighted by atomic mass is 9.76. The molecule has 0 bridgehead atoms. The Kier molecular flexibility index (Phi) is 4.31. The number of fused-ring (bicyclic) bond motifs is 3. The van der Waals surface area contributed by atoms with E-state index in [4.69, 9.17) is 4.74 Å². The minimum Gasteiger partial charge on any atom is -0.465 e. The maximum Gasteiger partial charge on any atom is 0.338 e. The smallest absolute Gasteiger partial charge is 0.338 e. The number of hydrogen-bond acceptors (Lipinski definition) is 3. The van der Waals surface area contributed by atoms with Gasteiger partial charge < -0.3 is 10.1 Å². The van der Waals surface area contributed by atoms with Gasteiger partial charge in [-0.25, -0.2) is 4.79 Å². The molecule has 0 saturated carbocycles. The van der Waals surface area contributed by atoms with E-state index < -0.39 is 0 Å². The van der Waals surface area contributed by atoms with Gasteiger partial charge in [-0.1, -0.05) is 49.4 Å². The molecule has 0 aromatic heterocycles. The lowest BCUT2D eigenvalue weighted by Crippen LogP contribution is -2.30. The normalized spacial score (nSPS) is 23.1. The lowest BCUT2D eigenvalue weighted by molar-refractivity contribution is 0.0600. The van der Waals surface area contributed by atoms with Crippen LogP contribution in [0.3, 0.4) is 0 Å². The first-order valence-electron chi connectivity index (χ1n) is 9.38. The third kappa shape index (κ3) is 2.63. The zero-order valence-corrected chi connectivity index (χ0v) is 15.6. The van der Waals surface area contributed by atoms with E-state index in [-0.39, 0.29) is 12.0 Å². The Morgan fingerprint density at radius 1 is 1.19 bits per heavy atom. The Morgan fingerprint density at radius 3 is 2.65 bits per heavy atom. The highest BCUT2D eigenvalue weighted by atomic mass is 16.5. The molecule has 2 aromatic rings. The Morgan fingerprint density at radius 2 is 1.96 bits per heavy atom. The number of nitrogens with one attached hydrogen (secondary N) is 1. The van der Waals surface area contributed by atoms with Crippen molar-refractivity contribution in [2.75, 3.05) is 12.4 Å². The number of carbonyl (C=O) groups is 1. The van der Waals surface area contributed by atoms with E-state index in [1.54, 1.807) is 0 Å². The summed E-state index contributed by atoms with van der Waals surface area (Å²) in [5, 5.41) is 3.76. The van der Waals surface area contributed by atoms with E-state index in [9.17, 15) is 4.79 Å². The van der Waals surface area contributed by atoms with Gasteiger partial charge in [0.1, 0.15) is 0 Å². The van der Waals surface area contributed by atoms with E-state index in [2.05, 4.69) is 54.7 Å². The maximum atomic E-state index is 12.1. The standard InChI is InChI=1S/C23H25NO2/c1-4-15-8-10-16(11-9-15)22-19-7-5-6-18(19)20-13-12-17(23(25)26-3)14(2)21(20)24-22/h5-6,8-13,18-19,22,24H,4,7H2,1-3H3/t18-,19-,22-/m0/s1. The fourth-order valence-corrected chi connectivity index (χ4v) is 4.44. The molecule has 2 aliphatic rings. The summed E-state index contributed by atoms with van der Waals surface area (Å²) in [6.07, 6.45) is 6.75. The highest BCUT2D eigenvalue weighted by Gasteiger charge is 2.38. The van der Waals surface area contributed by atoms with Gasteiger partial charge in [-0.05, 0) is 54.0 Å². The van der Waals surface area contributed by atoms with Gasteiger partial charge in [0.25, 0.3) is 0 Å². The fourth-order valence-electron chi connectivity index (χ4n) is 4.44. The third-order valence-electron chi connectivity index (χ3n) is 5.95. The molecule has 2 aromatic carbocycles. The van der Waals surface area contributed by atoms with Crippen molar-refractivity contribution in [3.63, 3.8) is 0 Å². The molecule has 134 valence electrons. The van der Waals surface area contributed by atoms with Crippen LogP contribution in [0.4, 0.5) is 5.69 Å². The largest absolute Gasteiger partial charge is 0.465 e. The van der Waals surface area contributed by atoms with E-state index in [0.717, 1.165) is 24.1 Å². The fraction of sp³-hybridized carbons (Fsp3) is 0.348. The van der Waals surface area contributed by atoms with Crippen LogP contribution in [0, 0.1) is 12.8 Å². The summed E-state index contributed by atoms with van der Waals surface area (Å²) < 4.78 is 4.95. The number of aryl methyl sites for hydroxylation is 1. The topological polar surface area (TPSA) is 38.3 Å². The van der Waals surface area contributed by atoms with Gasteiger partial charge in [0.05, 0.1) is 18.7 Å². The molecule has 3 heteroatoms. The monoisotopic (exact) mass is 347 g/mol. The molecule has 0 fully saturated rings. The van der Waals surface area contributed by atoms with Crippen LogP contribution in [0.2, 0.25) is 0 Å². The number of benzene rings is 2. The number of rotatable bonds is 3. The van der Waals surface area contributed by atoms with Crippen molar-refractivity contribution in [2.24, 2.45) is 5.92 Å². The molecule has 1 aliphatic carbocycles. The van der Waals surface area contributed by atoms with Gasteiger partial charge in [0.15, 0.2) is 0 Å². The summed E-state index contributed by atoms with van der Waals surface area (Å²) in [6.45, 7) is 4.19. The molecule has 3 atom stereocenters. The molecule has 1 heterocycles. The molecule has 0 spiro atoms. The van der Waals surface area contributed by atoms with Crippen LogP contribution in [0.5, 0.6) is 0 Å². The van der Waals surface area contributed by atoms with Gasteiger partial charge in [-0.2, -0.15) is 0 Å². The molecule has 1 aliphatic heterocycles. The second-order valence-electron chi connectivity index (χ2n) is 7.26. The van der Waals surface area contributed by atoms with Crippen molar-refractivity contribution in [3.05, 3.63) is 76.4 Å². The quantitative estimate of drug-likeness (QED) is 0.615. The van der Waals surface area contributed by atoms with Crippen molar-refractivity contribution in [3.8, 4) is 0 Å². The Labute approximate surface area is 155 Å². The molecule has 4 rings (SSSR count). The van der Waals surface area contributed by atoms with Crippen LogP contribution in [0.15, 0.2) is 48.6 Å². The zero-order valence-electron chi connectivity index (χ0n) is 15.6. The minimum absolute atomic E-state index is 0.250. The average Bonchev–Trinajstić information content (AvgIpc) is 3.17. The van der Waals surface area contributed by atoms with Crippen LogP contribution in [-0.4, -0.2) is 13.1 Å². The van der Waals surface area contributed by atoms with Crippen LogP contribution in [0.1, 0.15) is 57.9 Å². The van der Waals surface area contributed by atoms with Crippen molar-refractivity contribution >= 4 is 11.7 Å². The third-order valence-corrected chi connectivity index (χ3v) is 5.95. The lowest BCUT2D eigenvalue weighted by Gasteiger charge is -2.38. The first-order valence-corrected chi connectivity index (χ1v) is 9.38. The average molecular weight is 347 g/mol. The molecular formula is C23H25NO2. The maximum absolute atomic E-state index is 12.1. The molecule has 3 nitrogen and oxygen atoms in total. The summed E-state index contributed by atoms with van der Waals surface area (Å²) in [7, 11) is 1.43. The second kappa shape index (κ2) is 6.64. The summed E-state index contributed by atoms with van der Waals surface area (Å²) in [6, 6.07) is 13.2. The van der Waals surface area contributed by atoms with Crippen molar-refractivity contribution < 1.29 is 9.53 Å². The van der Waals surface area contributed by atoms with Crippen LogP contribution >= 0.6 is 0 Å². The number of allylic oxidation sites excluding steroid dienone is 2. The zero-order chi connectivity index (χ0) is 18.3. The highest BCUT2D eigenvalue weighted by Crippen LogP contribution is 2.51. The predicted octanol–water partition coefficient (Wildman–Crippen LogP) is 5.17. The van der Waals surface area contributed by atoms with Crippen LogP contribution in [-0.2, 0) is 11.2 Å². The summed E-state index contributed by atoms with van der Waals surface area (Å²) in [4.78, 5) is 12.1. The summed E-state index contributed by atoms with van der Waals surface area (Å²) >= 11 is 0. The van der Waals surface area contributed by atoms with Gasteiger partial charge in [-0.3, -0.25) is 0 Å². The molecule has 1 N–H and O–H groups in total. The van der Waals surface area contributed by atoms with E-state index in [1.807, 2.05) is 13.0 Å². The number of esters is 1. The van der Waals surface area contributed by atoms with Gasteiger partial charge in [0.2, 0.25) is 0 Å². The van der Waals surface area contributed by atoms with Crippen LogP contribution < -0.4 is 5.32 Å². The highest BCUT2D eigenvalue weighted by molar-refractivity contribution is 5.93. The SMILES string of the molecule is CCc1ccc([C@@H]2Nc3c(ccc(C(=O)OC)c3C)[C@H]3C=CC[C@@H]32)cc1. The van der Waals surface area contributed by atoms with Crippen LogP contribution in [0.25, 0.3) is 0 Å². The first kappa shape index (κ1) is 16.9. The second-order valence-corrected chi connectivity index (χ2v) is 7.26. The summed E-state index contributed by atoms with van der Waals surface area (Å²) in [5.74, 6) is 0.630. The number of carbonyl (C=O) groups excluding carboxylic acids is 1. The molecule has 0 unspecified atom stereocenters. The van der Waals surface area contributed by atoms with Gasteiger partial charge in [-0.15, -0.1) is 0 Å². The van der Waals surface area contributed by atoms with Crippen molar-refractivity contribution in [1.29, 1.82) is 0 Å². The predicted molar refractivity (Wildman–Crippen MR) is 105 cm³/mol. The number of anilines is 1. The molecular weight excluding hydrogens is 322 g/mol.